The number of aromatic nitrogens is 1. The molecule has 0 saturated carbocycles. The van der Waals surface area contributed by atoms with Crippen molar-refractivity contribution >= 4 is 11.7 Å². The van der Waals surface area contributed by atoms with Gasteiger partial charge in [-0.1, -0.05) is 0 Å². The predicted molar refractivity (Wildman–Crippen MR) is 74.7 cm³/mol. The van der Waals surface area contributed by atoms with Crippen LogP contribution in [0.25, 0.3) is 0 Å². The second kappa shape index (κ2) is 6.66. The molecule has 1 aliphatic heterocycles. The van der Waals surface area contributed by atoms with Crippen LogP contribution in [0, 0.1) is 0 Å². The first-order valence-electron chi connectivity index (χ1n) is 6.69. The van der Waals surface area contributed by atoms with Gasteiger partial charge in [0.2, 0.25) is 0 Å². The minimum Gasteiger partial charge on any atom is -0.334 e. The molecule has 2 rings (SSSR count). The van der Waals surface area contributed by atoms with E-state index in [1.54, 1.807) is 24.2 Å². The molecule has 8 heteroatoms. The molecule has 116 valence electrons. The van der Waals surface area contributed by atoms with Crippen LogP contribution in [-0.4, -0.2) is 47.6 Å². The Labute approximate surface area is 120 Å². The topological polar surface area (TPSA) is 66.4 Å². The highest BCUT2D eigenvalue weighted by Crippen LogP contribution is 2.11. The SMILES string of the molecule is Cn1ccc(NC(=O)N[C@H]2CCN(CC(F)F)C2)cc1=O. The molecule has 2 heterocycles. The van der Waals surface area contributed by atoms with Gasteiger partial charge in [0, 0.05) is 44.1 Å². The molecule has 0 aromatic carbocycles. The van der Waals surface area contributed by atoms with Crippen LogP contribution in [0.4, 0.5) is 19.3 Å². The van der Waals surface area contributed by atoms with E-state index in [4.69, 9.17) is 0 Å². The number of hydrogen-bond acceptors (Lipinski definition) is 3. The van der Waals surface area contributed by atoms with E-state index in [9.17, 15) is 18.4 Å². The second-order valence-corrected chi connectivity index (χ2v) is 5.10. The average Bonchev–Trinajstić information content (AvgIpc) is 2.80. The lowest BCUT2D eigenvalue weighted by atomic mass is 10.3. The molecule has 1 aliphatic rings. The van der Waals surface area contributed by atoms with Crippen LogP contribution >= 0.6 is 0 Å². The van der Waals surface area contributed by atoms with E-state index in [0.717, 1.165) is 0 Å². The maximum Gasteiger partial charge on any atom is 0.319 e. The predicted octanol–water partition coefficient (Wildman–Crippen LogP) is 0.846. The van der Waals surface area contributed by atoms with Gasteiger partial charge in [0.15, 0.2) is 0 Å². The molecule has 6 nitrogen and oxygen atoms in total. The Balaban J connectivity index is 1.82. The van der Waals surface area contributed by atoms with Crippen LogP contribution in [0.15, 0.2) is 23.1 Å². The normalized spacial score (nSPS) is 19.0. The molecule has 1 saturated heterocycles. The van der Waals surface area contributed by atoms with Crippen molar-refractivity contribution < 1.29 is 13.6 Å². The minimum absolute atomic E-state index is 0.157. The standard InChI is InChI=1S/C13H18F2N4O2/c1-18-4-2-9(6-12(18)20)16-13(21)17-10-3-5-19(7-10)8-11(14)15/h2,4,6,10-11H,3,5,7-8H2,1H3,(H2,16,17,21)/t10-/m0/s1. The van der Waals surface area contributed by atoms with Crippen molar-refractivity contribution in [2.45, 2.75) is 18.9 Å². The summed E-state index contributed by atoms with van der Waals surface area (Å²) < 4.78 is 25.9. The van der Waals surface area contributed by atoms with E-state index >= 15 is 0 Å². The van der Waals surface area contributed by atoms with Crippen LogP contribution in [-0.2, 0) is 7.05 Å². The summed E-state index contributed by atoms with van der Waals surface area (Å²) in [6, 6.07) is 2.33. The van der Waals surface area contributed by atoms with Gasteiger partial charge < -0.3 is 15.2 Å². The molecule has 2 N–H and O–H groups in total. The fourth-order valence-electron chi connectivity index (χ4n) is 2.29. The molecular formula is C13H18F2N4O2. The summed E-state index contributed by atoms with van der Waals surface area (Å²) >= 11 is 0. The summed E-state index contributed by atoms with van der Waals surface area (Å²) in [5.74, 6) is 0. The van der Waals surface area contributed by atoms with E-state index in [2.05, 4.69) is 10.6 Å². The zero-order valence-electron chi connectivity index (χ0n) is 11.7. The third kappa shape index (κ3) is 4.52. The van der Waals surface area contributed by atoms with Crippen molar-refractivity contribution in [3.63, 3.8) is 0 Å². The van der Waals surface area contributed by atoms with Gasteiger partial charge in [0.1, 0.15) is 0 Å². The largest absolute Gasteiger partial charge is 0.334 e. The maximum absolute atomic E-state index is 12.3. The Kier molecular flexibility index (Phi) is 4.89. The molecule has 1 atom stereocenters. The first-order valence-corrected chi connectivity index (χ1v) is 6.69. The number of hydrogen-bond donors (Lipinski definition) is 2. The average molecular weight is 300 g/mol. The van der Waals surface area contributed by atoms with Crippen LogP contribution in [0.1, 0.15) is 6.42 Å². The number of nitrogens with one attached hydrogen (secondary N) is 2. The van der Waals surface area contributed by atoms with Crippen molar-refractivity contribution in [3.8, 4) is 0 Å². The first-order chi connectivity index (χ1) is 9.94. The van der Waals surface area contributed by atoms with Crippen LogP contribution in [0.3, 0.4) is 0 Å². The van der Waals surface area contributed by atoms with Crippen molar-refractivity contribution in [1.29, 1.82) is 0 Å². The van der Waals surface area contributed by atoms with E-state index in [0.29, 0.717) is 25.2 Å². The summed E-state index contributed by atoms with van der Waals surface area (Å²) in [4.78, 5) is 24.8. The minimum atomic E-state index is -2.36. The zero-order chi connectivity index (χ0) is 15.4. The number of carbonyl (C=O) groups excluding carboxylic acids is 1. The quantitative estimate of drug-likeness (QED) is 0.866. The molecule has 0 unspecified atom stereocenters. The lowest BCUT2D eigenvalue weighted by Gasteiger charge is -2.16. The number of halogens is 2. The maximum atomic E-state index is 12.3. The fraction of sp³-hybridized carbons (Fsp3) is 0.538. The first kappa shape index (κ1) is 15.4. The Morgan fingerprint density at radius 3 is 2.95 bits per heavy atom. The van der Waals surface area contributed by atoms with Crippen LogP contribution in [0.5, 0.6) is 0 Å². The van der Waals surface area contributed by atoms with Gasteiger partial charge >= 0.3 is 6.03 Å². The van der Waals surface area contributed by atoms with Gasteiger partial charge in [-0.05, 0) is 12.5 Å². The highest BCUT2D eigenvalue weighted by molar-refractivity contribution is 5.89. The van der Waals surface area contributed by atoms with Gasteiger partial charge in [-0.15, -0.1) is 0 Å². The monoisotopic (exact) mass is 300 g/mol. The van der Waals surface area contributed by atoms with Crippen LogP contribution < -0.4 is 16.2 Å². The molecule has 0 aliphatic carbocycles. The summed E-state index contributed by atoms with van der Waals surface area (Å²) in [5.41, 5.74) is 0.176. The summed E-state index contributed by atoms with van der Waals surface area (Å²) in [6.07, 6.45) is -0.174. The molecule has 1 fully saturated rings. The number of nitrogens with zero attached hydrogens (tertiary/aromatic N) is 2. The summed E-state index contributed by atoms with van der Waals surface area (Å²) in [7, 11) is 1.61. The number of pyridine rings is 1. The molecule has 0 bridgehead atoms. The third-order valence-corrected chi connectivity index (χ3v) is 3.37. The van der Waals surface area contributed by atoms with E-state index in [-0.39, 0.29) is 18.1 Å². The Morgan fingerprint density at radius 1 is 1.52 bits per heavy atom. The number of amides is 2. The highest BCUT2D eigenvalue weighted by atomic mass is 19.3. The summed E-state index contributed by atoms with van der Waals surface area (Å²) in [6.45, 7) is 0.685. The van der Waals surface area contributed by atoms with E-state index in [1.807, 2.05) is 0 Å². The van der Waals surface area contributed by atoms with Gasteiger partial charge in [-0.25, -0.2) is 13.6 Å². The Morgan fingerprint density at radius 2 is 2.29 bits per heavy atom. The van der Waals surface area contributed by atoms with E-state index < -0.39 is 12.5 Å². The van der Waals surface area contributed by atoms with Gasteiger partial charge in [0.25, 0.3) is 12.0 Å². The summed E-state index contributed by atoms with van der Waals surface area (Å²) in [5, 5.41) is 5.28. The number of likely N-dealkylation sites (tertiary alicyclic amines) is 1. The zero-order valence-corrected chi connectivity index (χ0v) is 11.7. The number of aryl methyl sites for hydroxylation is 1. The third-order valence-electron chi connectivity index (χ3n) is 3.37. The Hall–Kier alpha value is -1.96. The van der Waals surface area contributed by atoms with Crippen molar-refractivity contribution in [3.05, 3.63) is 28.7 Å². The van der Waals surface area contributed by atoms with E-state index in [1.165, 1.54) is 10.6 Å². The lowest BCUT2D eigenvalue weighted by molar-refractivity contribution is 0.0988. The molecule has 0 radical (unpaired) electrons. The molecule has 21 heavy (non-hydrogen) atoms. The number of anilines is 1. The molecule has 1 aromatic heterocycles. The Bertz CT molecular complexity index is 561. The van der Waals surface area contributed by atoms with Gasteiger partial charge in [0.05, 0.1) is 6.54 Å². The molecular weight excluding hydrogens is 282 g/mol. The highest BCUT2D eigenvalue weighted by Gasteiger charge is 2.25. The van der Waals surface area contributed by atoms with Crippen LogP contribution in [0.2, 0.25) is 0 Å². The van der Waals surface area contributed by atoms with Crippen molar-refractivity contribution in [2.24, 2.45) is 7.05 Å². The number of rotatable bonds is 4. The lowest BCUT2D eigenvalue weighted by Crippen LogP contribution is -2.40. The fourth-order valence-corrected chi connectivity index (χ4v) is 2.29. The second-order valence-electron chi connectivity index (χ2n) is 5.10. The van der Waals surface area contributed by atoms with Gasteiger partial charge in [-0.3, -0.25) is 9.69 Å². The molecule has 0 spiro atoms. The van der Waals surface area contributed by atoms with Crippen molar-refractivity contribution in [1.82, 2.24) is 14.8 Å². The number of alkyl halides is 2. The molecule has 2 amide bonds. The number of carbonyl (C=O) groups is 1. The number of urea groups is 1. The van der Waals surface area contributed by atoms with Gasteiger partial charge in [-0.2, -0.15) is 0 Å². The molecule has 1 aromatic rings. The smallest absolute Gasteiger partial charge is 0.319 e. The van der Waals surface area contributed by atoms with Crippen molar-refractivity contribution in [2.75, 3.05) is 25.0 Å².